The molecule has 0 bridgehead atoms. The summed E-state index contributed by atoms with van der Waals surface area (Å²) in [4.78, 5) is 14.1. The third-order valence-electron chi connectivity index (χ3n) is 5.33. The van der Waals surface area contributed by atoms with E-state index in [4.69, 9.17) is 0 Å². The summed E-state index contributed by atoms with van der Waals surface area (Å²) in [6, 6.07) is 13.1. The van der Waals surface area contributed by atoms with Gasteiger partial charge < -0.3 is 10.2 Å². The van der Waals surface area contributed by atoms with Gasteiger partial charge in [0.15, 0.2) is 0 Å². The van der Waals surface area contributed by atoms with Crippen molar-refractivity contribution in [3.05, 3.63) is 65.6 Å². The smallest absolute Gasteiger partial charge is 0.224 e. The number of nitrogens with one attached hydrogen (secondary N) is 2. The topological polar surface area (TPSA) is 61.0 Å². The molecule has 6 heteroatoms. The Morgan fingerprint density at radius 2 is 2.07 bits per heavy atom. The summed E-state index contributed by atoms with van der Waals surface area (Å²) in [7, 11) is 0. The summed E-state index contributed by atoms with van der Waals surface area (Å²) in [5, 5.41) is 10.6. The highest BCUT2D eigenvalue weighted by molar-refractivity contribution is 5.94. The first-order valence-corrected chi connectivity index (χ1v) is 9.40. The number of aromatic nitrogens is 2. The number of hydrogen-bond acceptors (Lipinski definition) is 3. The van der Waals surface area contributed by atoms with Crippen LogP contribution in [0.2, 0.25) is 0 Å². The summed E-state index contributed by atoms with van der Waals surface area (Å²) in [6.07, 6.45) is 2.51. The number of fused-ring (bicyclic) bond motifs is 1. The van der Waals surface area contributed by atoms with Crippen LogP contribution in [-0.4, -0.2) is 22.1 Å². The highest BCUT2D eigenvalue weighted by Crippen LogP contribution is 2.41. The Morgan fingerprint density at radius 1 is 1.25 bits per heavy atom. The summed E-state index contributed by atoms with van der Waals surface area (Å²) in [6.45, 7) is 5.37. The van der Waals surface area contributed by atoms with E-state index in [1.54, 1.807) is 26.1 Å². The number of carbonyl (C=O) groups is 1. The standard InChI is InChI=1S/C22H23FN4O/c1-13-4-6-17(12-19(13)23)25-21-10-14(2)27(15(3)28)22-7-5-16(11-18(21)22)20-8-9-24-26-20/h4-9,11-12,14,21,25H,10H2,1-3H3,(H,24,26)/t14-,21+/m0/s1. The number of aromatic amines is 1. The van der Waals surface area contributed by atoms with Crippen molar-refractivity contribution in [2.24, 2.45) is 0 Å². The number of carbonyl (C=O) groups excluding carboxylic acids is 1. The van der Waals surface area contributed by atoms with Gasteiger partial charge in [0.1, 0.15) is 5.82 Å². The predicted octanol–water partition coefficient (Wildman–Crippen LogP) is 4.82. The van der Waals surface area contributed by atoms with Crippen LogP contribution < -0.4 is 10.2 Å². The number of aryl methyl sites for hydroxylation is 1. The first-order valence-electron chi connectivity index (χ1n) is 9.40. The molecule has 1 aliphatic heterocycles. The Hall–Kier alpha value is -3.15. The Labute approximate surface area is 163 Å². The zero-order chi connectivity index (χ0) is 19.8. The van der Waals surface area contributed by atoms with Crippen molar-refractivity contribution in [3.8, 4) is 11.3 Å². The van der Waals surface area contributed by atoms with Crippen LogP contribution >= 0.6 is 0 Å². The largest absolute Gasteiger partial charge is 0.378 e. The second-order valence-electron chi connectivity index (χ2n) is 7.37. The fraction of sp³-hybridized carbons (Fsp3) is 0.273. The Morgan fingerprint density at radius 3 is 2.75 bits per heavy atom. The van der Waals surface area contributed by atoms with Gasteiger partial charge in [-0.25, -0.2) is 4.39 Å². The van der Waals surface area contributed by atoms with Crippen molar-refractivity contribution >= 4 is 17.3 Å². The predicted molar refractivity (Wildman–Crippen MR) is 109 cm³/mol. The molecule has 0 spiro atoms. The van der Waals surface area contributed by atoms with E-state index in [9.17, 15) is 9.18 Å². The maximum Gasteiger partial charge on any atom is 0.224 e. The first kappa shape index (κ1) is 18.2. The van der Waals surface area contributed by atoms with E-state index >= 15 is 0 Å². The SMILES string of the molecule is CC(=O)N1c2ccc(-c3cc[nH]n3)cc2[C@H](Nc2ccc(C)c(F)c2)C[C@@H]1C. The van der Waals surface area contributed by atoms with Gasteiger partial charge in [0.2, 0.25) is 5.91 Å². The van der Waals surface area contributed by atoms with Gasteiger partial charge in [0, 0.05) is 36.1 Å². The quantitative estimate of drug-likeness (QED) is 0.687. The van der Waals surface area contributed by atoms with E-state index in [0.717, 1.165) is 34.6 Å². The van der Waals surface area contributed by atoms with E-state index in [1.165, 1.54) is 6.07 Å². The fourth-order valence-electron chi connectivity index (χ4n) is 3.94. The van der Waals surface area contributed by atoms with Crippen molar-refractivity contribution in [1.82, 2.24) is 10.2 Å². The van der Waals surface area contributed by atoms with Gasteiger partial charge in [-0.3, -0.25) is 9.89 Å². The molecule has 1 aromatic heterocycles. The highest BCUT2D eigenvalue weighted by atomic mass is 19.1. The lowest BCUT2D eigenvalue weighted by Crippen LogP contribution is -2.43. The maximum absolute atomic E-state index is 14.0. The molecule has 3 aromatic rings. The number of rotatable bonds is 3. The van der Waals surface area contributed by atoms with Crippen LogP contribution in [0.4, 0.5) is 15.8 Å². The van der Waals surface area contributed by atoms with Crippen molar-refractivity contribution < 1.29 is 9.18 Å². The third kappa shape index (κ3) is 3.26. The van der Waals surface area contributed by atoms with Crippen LogP contribution in [0.3, 0.4) is 0 Å². The summed E-state index contributed by atoms with van der Waals surface area (Å²) in [5.74, 6) is -0.217. The maximum atomic E-state index is 14.0. The van der Waals surface area contributed by atoms with Crippen LogP contribution in [0.1, 0.15) is 37.4 Å². The van der Waals surface area contributed by atoms with Gasteiger partial charge >= 0.3 is 0 Å². The molecule has 0 radical (unpaired) electrons. The number of amides is 1. The number of H-pyrrole nitrogens is 1. The second kappa shape index (κ2) is 7.11. The molecular weight excluding hydrogens is 355 g/mol. The lowest BCUT2D eigenvalue weighted by Gasteiger charge is -2.39. The van der Waals surface area contributed by atoms with Crippen molar-refractivity contribution in [2.75, 3.05) is 10.2 Å². The summed E-state index contributed by atoms with van der Waals surface area (Å²) in [5.41, 5.74) is 5.06. The fourth-order valence-corrected chi connectivity index (χ4v) is 3.94. The molecule has 144 valence electrons. The van der Waals surface area contributed by atoms with Gasteiger partial charge in [0.25, 0.3) is 0 Å². The molecule has 1 aliphatic rings. The minimum absolute atomic E-state index is 0.0149. The van der Waals surface area contributed by atoms with Crippen LogP contribution in [0, 0.1) is 12.7 Å². The lowest BCUT2D eigenvalue weighted by atomic mass is 9.89. The van der Waals surface area contributed by atoms with Crippen LogP contribution in [-0.2, 0) is 4.79 Å². The number of anilines is 2. The van der Waals surface area contributed by atoms with E-state index in [-0.39, 0.29) is 23.8 Å². The molecule has 4 rings (SSSR count). The van der Waals surface area contributed by atoms with E-state index in [0.29, 0.717) is 5.56 Å². The van der Waals surface area contributed by atoms with Crippen molar-refractivity contribution in [2.45, 2.75) is 39.3 Å². The first-order chi connectivity index (χ1) is 13.4. The highest BCUT2D eigenvalue weighted by Gasteiger charge is 2.32. The van der Waals surface area contributed by atoms with E-state index in [1.807, 2.05) is 36.1 Å². The average molecular weight is 378 g/mol. The molecule has 2 heterocycles. The monoisotopic (exact) mass is 378 g/mol. The van der Waals surface area contributed by atoms with Crippen LogP contribution in [0.15, 0.2) is 48.7 Å². The van der Waals surface area contributed by atoms with Gasteiger partial charge in [-0.15, -0.1) is 0 Å². The van der Waals surface area contributed by atoms with Crippen LogP contribution in [0.25, 0.3) is 11.3 Å². The lowest BCUT2D eigenvalue weighted by molar-refractivity contribution is -0.117. The number of halogens is 1. The Kier molecular flexibility index (Phi) is 4.63. The molecule has 0 unspecified atom stereocenters. The third-order valence-corrected chi connectivity index (χ3v) is 5.33. The molecule has 28 heavy (non-hydrogen) atoms. The number of benzene rings is 2. The Balaban J connectivity index is 1.77. The Bertz CT molecular complexity index is 1020. The van der Waals surface area contributed by atoms with E-state index < -0.39 is 0 Å². The number of hydrogen-bond donors (Lipinski definition) is 2. The average Bonchev–Trinajstić information content (AvgIpc) is 3.19. The van der Waals surface area contributed by atoms with Crippen molar-refractivity contribution in [1.29, 1.82) is 0 Å². The van der Waals surface area contributed by atoms with E-state index in [2.05, 4.69) is 21.6 Å². The van der Waals surface area contributed by atoms with Crippen molar-refractivity contribution in [3.63, 3.8) is 0 Å². The molecule has 2 atom stereocenters. The molecule has 0 saturated heterocycles. The second-order valence-corrected chi connectivity index (χ2v) is 7.37. The number of nitrogens with zero attached hydrogens (tertiary/aromatic N) is 2. The molecule has 0 saturated carbocycles. The molecule has 0 aliphatic carbocycles. The molecule has 1 amide bonds. The molecular formula is C22H23FN4O. The molecule has 2 N–H and O–H groups in total. The minimum Gasteiger partial charge on any atom is -0.378 e. The zero-order valence-corrected chi connectivity index (χ0v) is 16.2. The van der Waals surface area contributed by atoms with Gasteiger partial charge in [-0.2, -0.15) is 5.10 Å². The van der Waals surface area contributed by atoms with Gasteiger partial charge in [-0.05, 0) is 61.7 Å². The minimum atomic E-state index is -0.232. The van der Waals surface area contributed by atoms with Gasteiger partial charge in [0.05, 0.1) is 11.7 Å². The zero-order valence-electron chi connectivity index (χ0n) is 16.2. The van der Waals surface area contributed by atoms with Crippen LogP contribution in [0.5, 0.6) is 0 Å². The molecule has 5 nitrogen and oxygen atoms in total. The normalized spacial score (nSPS) is 18.6. The van der Waals surface area contributed by atoms with Gasteiger partial charge in [-0.1, -0.05) is 12.1 Å². The molecule has 0 fully saturated rings. The summed E-state index contributed by atoms with van der Waals surface area (Å²) >= 11 is 0. The molecule has 2 aromatic carbocycles. The summed E-state index contributed by atoms with van der Waals surface area (Å²) < 4.78 is 14.0.